The van der Waals surface area contributed by atoms with Crippen molar-refractivity contribution >= 4 is 69.5 Å². The summed E-state index contributed by atoms with van der Waals surface area (Å²) in [5.74, 6) is -2.88. The fourth-order valence-electron chi connectivity index (χ4n) is 5.13. The van der Waals surface area contributed by atoms with Crippen LogP contribution in [0.4, 0.5) is 17.1 Å². The van der Waals surface area contributed by atoms with Crippen LogP contribution in [0.1, 0.15) is 16.4 Å². The number of anilines is 2. The monoisotopic (exact) mass is 606 g/mol. The number of rotatable bonds is 6. The molecule has 1 saturated heterocycles. The predicted octanol–water partition coefficient (Wildman–Crippen LogP) is 4.91. The van der Waals surface area contributed by atoms with Gasteiger partial charge in [-0.05, 0) is 42.0 Å². The van der Waals surface area contributed by atoms with Crippen molar-refractivity contribution in [1.82, 2.24) is 4.57 Å². The Bertz CT molecular complexity index is 1760. The van der Waals surface area contributed by atoms with Crippen LogP contribution in [0.2, 0.25) is 5.02 Å². The highest BCUT2D eigenvalue weighted by molar-refractivity contribution is 8.00. The number of nitro benzene ring substituents is 1. The largest absolute Gasteiger partial charge is 0.325 e. The molecule has 0 saturated carbocycles. The number of imide groups is 1. The standard InChI is InChI=1S/C28H19ClN4O6S2/c29-16-8-6-15(7-9-16)21-22-23(26(36)32(25(22)35)18-10-12-19(13-11-18)33(38)39)40-27-24(21)41-28(37)31(27)14-20(34)30-17-4-2-1-3-5-17/h1-13,21-23H,14H2,(H,30,34)/t21-,22+,23-/m0/s1. The topological polar surface area (TPSA) is 132 Å². The van der Waals surface area contributed by atoms with E-state index in [9.17, 15) is 29.3 Å². The average Bonchev–Trinajstić information content (AvgIpc) is 3.40. The van der Waals surface area contributed by atoms with Gasteiger partial charge in [-0.1, -0.05) is 65.0 Å². The number of fused-ring (bicyclic) bond motifs is 2. The third kappa shape index (κ3) is 4.83. The highest BCUT2D eigenvalue weighted by Gasteiger charge is 2.56. The van der Waals surface area contributed by atoms with Gasteiger partial charge < -0.3 is 5.32 Å². The van der Waals surface area contributed by atoms with Crippen molar-refractivity contribution in [2.75, 3.05) is 10.2 Å². The molecule has 0 radical (unpaired) electrons. The molecule has 13 heteroatoms. The van der Waals surface area contributed by atoms with E-state index in [0.29, 0.717) is 26.2 Å². The van der Waals surface area contributed by atoms with E-state index in [1.807, 2.05) is 6.07 Å². The van der Waals surface area contributed by atoms with E-state index in [0.717, 1.165) is 28.0 Å². The van der Waals surface area contributed by atoms with Gasteiger partial charge in [-0.2, -0.15) is 0 Å². The Morgan fingerprint density at radius 3 is 2.29 bits per heavy atom. The summed E-state index contributed by atoms with van der Waals surface area (Å²) in [5, 5.41) is 13.9. The summed E-state index contributed by atoms with van der Waals surface area (Å²) in [6.45, 7) is -0.272. The van der Waals surface area contributed by atoms with Crippen LogP contribution in [0.15, 0.2) is 88.7 Å². The van der Waals surface area contributed by atoms with Crippen LogP contribution in [0.3, 0.4) is 0 Å². The summed E-state index contributed by atoms with van der Waals surface area (Å²) in [5.41, 5.74) is 1.33. The molecule has 10 nitrogen and oxygen atoms in total. The number of benzene rings is 3. The van der Waals surface area contributed by atoms with Crippen molar-refractivity contribution in [3.8, 4) is 0 Å². The summed E-state index contributed by atoms with van der Waals surface area (Å²) in [4.78, 5) is 65.6. The Morgan fingerprint density at radius 2 is 1.63 bits per heavy atom. The Hall–Kier alpha value is -4.26. The van der Waals surface area contributed by atoms with Crippen molar-refractivity contribution in [1.29, 1.82) is 0 Å². The molecular weight excluding hydrogens is 588 g/mol. The lowest BCUT2D eigenvalue weighted by Gasteiger charge is -2.30. The smallest absolute Gasteiger partial charge is 0.308 e. The van der Waals surface area contributed by atoms with Crippen LogP contribution in [0.25, 0.3) is 0 Å². The Morgan fingerprint density at radius 1 is 0.951 bits per heavy atom. The molecule has 206 valence electrons. The zero-order chi connectivity index (χ0) is 28.8. The second-order valence-electron chi connectivity index (χ2n) is 9.42. The number of thiazole rings is 1. The van der Waals surface area contributed by atoms with E-state index in [1.165, 1.54) is 28.8 Å². The molecule has 0 aliphatic carbocycles. The summed E-state index contributed by atoms with van der Waals surface area (Å²) < 4.78 is 1.34. The molecule has 3 atom stereocenters. The number of hydrogen-bond acceptors (Lipinski definition) is 8. The van der Waals surface area contributed by atoms with E-state index >= 15 is 0 Å². The Balaban J connectivity index is 1.40. The highest BCUT2D eigenvalue weighted by atomic mass is 35.5. The number of amides is 3. The van der Waals surface area contributed by atoms with Gasteiger partial charge in [-0.25, -0.2) is 4.90 Å². The molecule has 0 bridgehead atoms. The zero-order valence-electron chi connectivity index (χ0n) is 20.9. The molecule has 1 aromatic heterocycles. The minimum Gasteiger partial charge on any atom is -0.325 e. The molecule has 0 unspecified atom stereocenters. The number of halogens is 1. The van der Waals surface area contributed by atoms with Gasteiger partial charge in [-0.15, -0.1) is 0 Å². The van der Waals surface area contributed by atoms with Crippen molar-refractivity contribution in [2.24, 2.45) is 5.92 Å². The molecular formula is C28H19ClN4O6S2. The lowest BCUT2D eigenvalue weighted by molar-refractivity contribution is -0.384. The molecule has 4 aromatic rings. The molecule has 2 aliphatic heterocycles. The first-order valence-corrected chi connectivity index (χ1v) is 14.4. The number of thioether (sulfide) groups is 1. The first kappa shape index (κ1) is 26.9. The Kier molecular flexibility index (Phi) is 6.98. The number of nitrogens with zero attached hydrogens (tertiary/aromatic N) is 3. The van der Waals surface area contributed by atoms with Crippen molar-refractivity contribution in [3.63, 3.8) is 0 Å². The van der Waals surface area contributed by atoms with Crippen LogP contribution in [0.5, 0.6) is 0 Å². The van der Waals surface area contributed by atoms with Crippen LogP contribution >= 0.6 is 34.7 Å². The predicted molar refractivity (Wildman–Crippen MR) is 156 cm³/mol. The molecule has 3 aromatic carbocycles. The van der Waals surface area contributed by atoms with Gasteiger partial charge in [0.1, 0.15) is 11.8 Å². The summed E-state index contributed by atoms with van der Waals surface area (Å²) >= 11 is 8.16. The molecule has 1 fully saturated rings. The first-order valence-electron chi connectivity index (χ1n) is 12.4. The molecule has 3 heterocycles. The molecule has 1 N–H and O–H groups in total. The van der Waals surface area contributed by atoms with Crippen LogP contribution in [-0.4, -0.2) is 32.5 Å². The molecule has 2 aliphatic rings. The lowest BCUT2D eigenvalue weighted by atomic mass is 9.83. The van der Waals surface area contributed by atoms with Gasteiger partial charge in [0.2, 0.25) is 17.7 Å². The third-order valence-electron chi connectivity index (χ3n) is 6.96. The number of para-hydroxylation sites is 1. The fourth-order valence-corrected chi connectivity index (χ4v) is 8.03. The van der Waals surface area contributed by atoms with Gasteiger partial charge in [0.25, 0.3) is 5.69 Å². The van der Waals surface area contributed by atoms with Gasteiger partial charge >= 0.3 is 4.87 Å². The second kappa shape index (κ2) is 10.6. The number of non-ortho nitro benzene ring substituents is 1. The van der Waals surface area contributed by atoms with E-state index in [-0.39, 0.29) is 22.8 Å². The molecule has 41 heavy (non-hydrogen) atoms. The highest BCUT2D eigenvalue weighted by Crippen LogP contribution is 2.54. The number of carbonyl (C=O) groups is 3. The minimum atomic E-state index is -0.886. The SMILES string of the molecule is O=C(Cn1c2c(sc1=O)[C@@H](c1ccc(Cl)cc1)[C@H]1C(=O)N(c3ccc([N+](=O)[O-])cc3)C(=O)[C@H]1S2)Nc1ccccc1. The van der Waals surface area contributed by atoms with Gasteiger partial charge in [0.05, 0.1) is 21.6 Å². The third-order valence-corrected chi connectivity index (χ3v) is 9.81. The maximum absolute atomic E-state index is 13.9. The summed E-state index contributed by atoms with van der Waals surface area (Å²) in [7, 11) is 0. The van der Waals surface area contributed by atoms with Gasteiger partial charge in [0.15, 0.2) is 0 Å². The normalized spacial score (nSPS) is 19.5. The van der Waals surface area contributed by atoms with E-state index in [1.54, 1.807) is 48.5 Å². The van der Waals surface area contributed by atoms with E-state index in [4.69, 9.17) is 11.6 Å². The van der Waals surface area contributed by atoms with Gasteiger partial charge in [-0.3, -0.25) is 33.9 Å². The molecule has 0 spiro atoms. The number of nitro groups is 1. The number of hydrogen-bond donors (Lipinski definition) is 1. The lowest BCUT2D eigenvalue weighted by Crippen LogP contribution is -2.33. The van der Waals surface area contributed by atoms with Crippen LogP contribution in [-0.2, 0) is 20.9 Å². The number of carbonyl (C=O) groups excluding carboxylic acids is 3. The van der Waals surface area contributed by atoms with E-state index in [2.05, 4.69) is 5.32 Å². The second-order valence-corrected chi connectivity index (χ2v) is 12.0. The number of aromatic nitrogens is 1. The van der Waals surface area contributed by atoms with Crippen molar-refractivity contribution in [3.05, 3.63) is 114 Å². The average molecular weight is 607 g/mol. The maximum atomic E-state index is 13.9. The zero-order valence-corrected chi connectivity index (χ0v) is 23.3. The van der Waals surface area contributed by atoms with Crippen molar-refractivity contribution < 1.29 is 19.3 Å². The van der Waals surface area contributed by atoms with Crippen molar-refractivity contribution in [2.45, 2.75) is 22.7 Å². The molecule has 3 amide bonds. The van der Waals surface area contributed by atoms with Crippen LogP contribution < -0.4 is 15.1 Å². The van der Waals surface area contributed by atoms with Gasteiger partial charge in [0, 0.05) is 33.6 Å². The minimum absolute atomic E-state index is 0.168. The quantitative estimate of drug-likeness (QED) is 0.187. The fraction of sp³-hybridized carbons (Fsp3) is 0.143. The maximum Gasteiger partial charge on any atom is 0.308 e. The van der Waals surface area contributed by atoms with Crippen LogP contribution in [0, 0.1) is 16.0 Å². The van der Waals surface area contributed by atoms with E-state index < -0.39 is 39.7 Å². The first-order chi connectivity index (χ1) is 19.7. The molecule has 6 rings (SSSR count). The number of nitrogens with one attached hydrogen (secondary N) is 1. The summed E-state index contributed by atoms with van der Waals surface area (Å²) in [6.07, 6.45) is 0. The Labute approximate surface area is 245 Å². The summed E-state index contributed by atoms with van der Waals surface area (Å²) in [6, 6.07) is 20.9.